The highest BCUT2D eigenvalue weighted by atomic mass is 79.9. The molecule has 0 aromatic heterocycles. The number of hydrogen-bond acceptors (Lipinski definition) is 4. The van der Waals surface area contributed by atoms with Crippen LogP contribution in [-0.4, -0.2) is 59.7 Å². The molecule has 0 radical (unpaired) electrons. The molecule has 100 valence electrons. The van der Waals surface area contributed by atoms with E-state index in [1.807, 2.05) is 0 Å². The second-order valence-corrected chi connectivity index (χ2v) is 4.72. The van der Waals surface area contributed by atoms with Crippen LogP contribution in [0, 0.1) is 0 Å². The maximum absolute atomic E-state index is 11.3. The van der Waals surface area contributed by atoms with E-state index in [9.17, 15) is 9.59 Å². The van der Waals surface area contributed by atoms with Gasteiger partial charge in [-0.2, -0.15) is 0 Å². The molecule has 0 bridgehead atoms. The Labute approximate surface area is 109 Å². The van der Waals surface area contributed by atoms with Crippen molar-refractivity contribution in [1.82, 2.24) is 10.2 Å². The van der Waals surface area contributed by atoms with Gasteiger partial charge in [0.2, 0.25) is 12.3 Å². The number of carbonyl (C=O) groups excluding carboxylic acids is 2. The molecule has 0 aliphatic carbocycles. The number of hydrogen-bond donors (Lipinski definition) is 2. The third-order valence-electron chi connectivity index (χ3n) is 2.19. The highest BCUT2D eigenvalue weighted by Crippen LogP contribution is 2.08. The zero-order chi connectivity index (χ0) is 13.4. The first-order chi connectivity index (χ1) is 7.96. The SMILES string of the molecule is CNC(=O)C(Br)CN(C=O)C(C)OC(C)CO. The fraction of sp³-hybridized carbons (Fsp3) is 0.800. The molecule has 6 nitrogen and oxygen atoms in total. The van der Waals surface area contributed by atoms with Gasteiger partial charge in [-0.15, -0.1) is 0 Å². The summed E-state index contributed by atoms with van der Waals surface area (Å²) in [5.41, 5.74) is 0. The lowest BCUT2D eigenvalue weighted by Gasteiger charge is -2.28. The third kappa shape index (κ3) is 5.99. The van der Waals surface area contributed by atoms with E-state index in [0.29, 0.717) is 6.41 Å². The summed E-state index contributed by atoms with van der Waals surface area (Å²) in [5.74, 6) is -0.209. The molecule has 2 N–H and O–H groups in total. The fourth-order valence-electron chi connectivity index (χ4n) is 1.16. The van der Waals surface area contributed by atoms with Gasteiger partial charge in [0.1, 0.15) is 11.1 Å². The van der Waals surface area contributed by atoms with Crippen LogP contribution in [0.3, 0.4) is 0 Å². The molecule has 0 spiro atoms. The zero-order valence-electron chi connectivity index (χ0n) is 10.2. The number of halogens is 1. The molecular weight excluding hydrogens is 292 g/mol. The van der Waals surface area contributed by atoms with Crippen molar-refractivity contribution in [3.63, 3.8) is 0 Å². The lowest BCUT2D eigenvalue weighted by atomic mass is 10.3. The molecule has 17 heavy (non-hydrogen) atoms. The molecule has 0 saturated carbocycles. The normalized spacial score (nSPS) is 15.8. The largest absolute Gasteiger partial charge is 0.394 e. The summed E-state index contributed by atoms with van der Waals surface area (Å²) < 4.78 is 5.36. The van der Waals surface area contributed by atoms with E-state index >= 15 is 0 Å². The first-order valence-corrected chi connectivity index (χ1v) is 6.20. The van der Waals surface area contributed by atoms with Crippen LogP contribution < -0.4 is 5.32 Å². The van der Waals surface area contributed by atoms with E-state index < -0.39 is 11.1 Å². The average molecular weight is 311 g/mol. The van der Waals surface area contributed by atoms with Crippen molar-refractivity contribution < 1.29 is 19.4 Å². The van der Waals surface area contributed by atoms with Gasteiger partial charge in [-0.3, -0.25) is 9.59 Å². The average Bonchev–Trinajstić information content (AvgIpc) is 2.33. The Morgan fingerprint density at radius 2 is 2.18 bits per heavy atom. The summed E-state index contributed by atoms with van der Waals surface area (Å²) in [5, 5.41) is 11.3. The molecule has 0 saturated heterocycles. The molecule has 0 rings (SSSR count). The maximum Gasteiger partial charge on any atom is 0.235 e. The summed E-state index contributed by atoms with van der Waals surface area (Å²) in [6.07, 6.45) is -0.244. The Balaban J connectivity index is 4.31. The molecule has 0 aliphatic rings. The Bertz CT molecular complexity index is 252. The van der Waals surface area contributed by atoms with E-state index in [2.05, 4.69) is 21.2 Å². The second-order valence-electron chi connectivity index (χ2n) is 3.61. The van der Waals surface area contributed by atoms with Crippen molar-refractivity contribution in [2.45, 2.75) is 31.0 Å². The third-order valence-corrected chi connectivity index (χ3v) is 2.90. The molecule has 0 aromatic carbocycles. The number of amides is 2. The van der Waals surface area contributed by atoms with Crippen LogP contribution >= 0.6 is 15.9 Å². The van der Waals surface area contributed by atoms with Gasteiger partial charge in [0.15, 0.2) is 0 Å². The van der Waals surface area contributed by atoms with E-state index in [4.69, 9.17) is 9.84 Å². The molecular formula is C10H19BrN2O4. The highest BCUT2D eigenvalue weighted by molar-refractivity contribution is 9.10. The molecule has 0 aromatic rings. The van der Waals surface area contributed by atoms with E-state index in [0.717, 1.165) is 0 Å². The van der Waals surface area contributed by atoms with Crippen LogP contribution in [0.5, 0.6) is 0 Å². The van der Waals surface area contributed by atoms with Crippen molar-refractivity contribution in [3.8, 4) is 0 Å². The maximum atomic E-state index is 11.3. The van der Waals surface area contributed by atoms with Crippen LogP contribution in [0.15, 0.2) is 0 Å². The Morgan fingerprint density at radius 3 is 2.59 bits per heavy atom. The Kier molecular flexibility index (Phi) is 8.11. The van der Waals surface area contributed by atoms with Gasteiger partial charge in [-0.05, 0) is 13.8 Å². The minimum Gasteiger partial charge on any atom is -0.394 e. The lowest BCUT2D eigenvalue weighted by molar-refractivity contribution is -0.139. The smallest absolute Gasteiger partial charge is 0.235 e. The number of ether oxygens (including phenoxy) is 1. The van der Waals surface area contributed by atoms with Crippen molar-refractivity contribution in [2.75, 3.05) is 20.2 Å². The predicted octanol–water partition coefficient (Wildman–Crippen LogP) is -0.302. The molecule has 2 amide bonds. The minimum absolute atomic E-state index is 0.121. The van der Waals surface area contributed by atoms with Crippen molar-refractivity contribution in [3.05, 3.63) is 0 Å². The van der Waals surface area contributed by atoms with Gasteiger partial charge < -0.3 is 20.1 Å². The van der Waals surface area contributed by atoms with Gasteiger partial charge in [0.25, 0.3) is 0 Å². The topological polar surface area (TPSA) is 78.9 Å². The van der Waals surface area contributed by atoms with Crippen LogP contribution in [-0.2, 0) is 14.3 Å². The van der Waals surface area contributed by atoms with Crippen LogP contribution in [0.25, 0.3) is 0 Å². The summed E-state index contributed by atoms with van der Waals surface area (Å²) in [6.45, 7) is 3.46. The van der Waals surface area contributed by atoms with E-state index in [-0.39, 0.29) is 25.2 Å². The number of nitrogens with one attached hydrogen (secondary N) is 1. The van der Waals surface area contributed by atoms with Crippen molar-refractivity contribution in [2.24, 2.45) is 0 Å². The molecule has 3 unspecified atom stereocenters. The Morgan fingerprint density at radius 1 is 1.59 bits per heavy atom. The summed E-state index contributed by atoms with van der Waals surface area (Å²) >= 11 is 3.18. The first-order valence-electron chi connectivity index (χ1n) is 5.29. The number of carbonyl (C=O) groups is 2. The van der Waals surface area contributed by atoms with Gasteiger partial charge in [-0.1, -0.05) is 15.9 Å². The summed E-state index contributed by atoms with van der Waals surface area (Å²) in [6, 6.07) is 0. The van der Waals surface area contributed by atoms with Gasteiger partial charge in [0, 0.05) is 13.6 Å². The second kappa shape index (κ2) is 8.43. The fourth-order valence-corrected chi connectivity index (χ4v) is 1.72. The summed E-state index contributed by atoms with van der Waals surface area (Å²) in [4.78, 5) is 23.0. The van der Waals surface area contributed by atoms with E-state index in [1.165, 1.54) is 11.9 Å². The lowest BCUT2D eigenvalue weighted by Crippen LogP contribution is -2.43. The molecule has 0 fully saturated rings. The van der Waals surface area contributed by atoms with Crippen molar-refractivity contribution >= 4 is 28.2 Å². The van der Waals surface area contributed by atoms with Crippen LogP contribution in [0.2, 0.25) is 0 Å². The molecule has 0 heterocycles. The minimum atomic E-state index is -0.501. The molecule has 3 atom stereocenters. The summed E-state index contributed by atoms with van der Waals surface area (Å²) in [7, 11) is 1.52. The van der Waals surface area contributed by atoms with Crippen LogP contribution in [0.1, 0.15) is 13.8 Å². The number of rotatable bonds is 8. The molecule has 0 aliphatic heterocycles. The number of aliphatic hydroxyl groups excluding tert-OH is 1. The van der Waals surface area contributed by atoms with Crippen molar-refractivity contribution in [1.29, 1.82) is 0 Å². The van der Waals surface area contributed by atoms with Gasteiger partial charge in [-0.25, -0.2) is 0 Å². The van der Waals surface area contributed by atoms with Crippen LogP contribution in [0.4, 0.5) is 0 Å². The highest BCUT2D eigenvalue weighted by Gasteiger charge is 2.21. The van der Waals surface area contributed by atoms with E-state index in [1.54, 1.807) is 13.8 Å². The number of nitrogens with zero attached hydrogens (tertiary/aromatic N) is 1. The first kappa shape index (κ1) is 16.3. The predicted molar refractivity (Wildman–Crippen MR) is 66.6 cm³/mol. The van der Waals surface area contributed by atoms with Gasteiger partial charge >= 0.3 is 0 Å². The quantitative estimate of drug-likeness (QED) is 0.366. The Hall–Kier alpha value is -0.660. The standard InChI is InChI=1S/C10H19BrN2O4/c1-7(5-14)17-8(2)13(6-15)4-9(11)10(16)12-3/h6-9,14H,4-5H2,1-3H3,(H,12,16). The number of aliphatic hydroxyl groups is 1. The number of alkyl halides is 1. The zero-order valence-corrected chi connectivity index (χ0v) is 11.8. The van der Waals surface area contributed by atoms with Gasteiger partial charge in [0.05, 0.1) is 12.7 Å². The molecule has 7 heteroatoms. The monoisotopic (exact) mass is 310 g/mol.